The lowest BCUT2D eigenvalue weighted by Crippen LogP contribution is -2.08. The highest BCUT2D eigenvalue weighted by Gasteiger charge is 2.24. The van der Waals surface area contributed by atoms with Gasteiger partial charge in [0, 0.05) is 11.6 Å². The second-order valence-corrected chi connectivity index (χ2v) is 4.25. The van der Waals surface area contributed by atoms with Gasteiger partial charge in [0.1, 0.15) is 0 Å². The van der Waals surface area contributed by atoms with Gasteiger partial charge in [-0.25, -0.2) is 4.79 Å². The molecule has 0 atom stereocenters. The summed E-state index contributed by atoms with van der Waals surface area (Å²) >= 11 is 5.96. The molecule has 0 saturated carbocycles. The van der Waals surface area contributed by atoms with Crippen LogP contribution in [0.15, 0.2) is 6.07 Å². The number of carbonyl (C=O) groups is 1. The number of hydrogen-bond donors (Lipinski definition) is 1. The second kappa shape index (κ2) is 5.27. The van der Waals surface area contributed by atoms with Crippen molar-refractivity contribution in [1.29, 1.82) is 0 Å². The zero-order chi connectivity index (χ0) is 13.2. The highest BCUT2D eigenvalue weighted by molar-refractivity contribution is 6.34. The number of halogens is 1. The molecule has 0 amide bonds. The zero-order valence-corrected chi connectivity index (χ0v) is 11.0. The van der Waals surface area contributed by atoms with Gasteiger partial charge >= 0.3 is 5.97 Å². The first-order valence-corrected chi connectivity index (χ1v) is 5.49. The van der Waals surface area contributed by atoms with E-state index in [0.29, 0.717) is 17.1 Å². The maximum Gasteiger partial charge on any atom is 0.337 e. The smallest absolute Gasteiger partial charge is 0.337 e. The summed E-state index contributed by atoms with van der Waals surface area (Å²) < 4.78 is 10.4. The van der Waals surface area contributed by atoms with Crippen molar-refractivity contribution in [1.82, 2.24) is 0 Å². The average molecular weight is 259 g/mol. The molecule has 0 aliphatic heterocycles. The Morgan fingerprint density at radius 3 is 2.29 bits per heavy atom. The van der Waals surface area contributed by atoms with Crippen LogP contribution in [0.5, 0.6) is 11.5 Å². The van der Waals surface area contributed by atoms with Crippen molar-refractivity contribution in [3.63, 3.8) is 0 Å². The molecule has 0 bridgehead atoms. The van der Waals surface area contributed by atoms with Gasteiger partial charge in [-0.1, -0.05) is 25.4 Å². The number of ether oxygens (including phenoxy) is 2. The summed E-state index contributed by atoms with van der Waals surface area (Å²) in [5, 5.41) is 9.35. The van der Waals surface area contributed by atoms with Gasteiger partial charge in [0.05, 0.1) is 24.8 Å². The molecule has 0 aliphatic rings. The number of hydrogen-bond acceptors (Lipinski definition) is 3. The SMILES string of the molecule is COc1cc(Cl)c(C(=O)O)c(C(C)C)c1OC. The quantitative estimate of drug-likeness (QED) is 0.901. The third-order valence-corrected chi connectivity index (χ3v) is 2.75. The summed E-state index contributed by atoms with van der Waals surface area (Å²) in [6, 6.07) is 1.45. The normalized spacial score (nSPS) is 10.5. The number of carboxylic acid groups (broad SMARTS) is 1. The Kier molecular flexibility index (Phi) is 4.23. The van der Waals surface area contributed by atoms with E-state index in [-0.39, 0.29) is 16.5 Å². The molecule has 0 unspecified atom stereocenters. The van der Waals surface area contributed by atoms with E-state index in [0.717, 1.165) is 0 Å². The molecule has 0 aromatic heterocycles. The minimum absolute atomic E-state index is 0.0383. The minimum Gasteiger partial charge on any atom is -0.493 e. The summed E-state index contributed by atoms with van der Waals surface area (Å²) in [5.41, 5.74) is 0.615. The van der Waals surface area contributed by atoms with E-state index in [1.54, 1.807) is 0 Å². The number of aromatic carboxylic acids is 1. The first kappa shape index (κ1) is 13.6. The van der Waals surface area contributed by atoms with Crippen LogP contribution < -0.4 is 9.47 Å². The Hall–Kier alpha value is -1.42. The maximum absolute atomic E-state index is 11.2. The van der Waals surface area contributed by atoms with Crippen LogP contribution in [0.1, 0.15) is 35.7 Å². The molecule has 1 N–H and O–H groups in total. The highest BCUT2D eigenvalue weighted by atomic mass is 35.5. The van der Waals surface area contributed by atoms with Crippen molar-refractivity contribution < 1.29 is 19.4 Å². The molecule has 0 fully saturated rings. The third kappa shape index (κ3) is 2.47. The van der Waals surface area contributed by atoms with Gasteiger partial charge in [0.15, 0.2) is 11.5 Å². The van der Waals surface area contributed by atoms with Crippen molar-refractivity contribution in [3.05, 3.63) is 22.2 Å². The summed E-state index contributed by atoms with van der Waals surface area (Å²) in [5.74, 6) is -0.251. The fourth-order valence-corrected chi connectivity index (χ4v) is 2.04. The molecule has 4 nitrogen and oxygen atoms in total. The van der Waals surface area contributed by atoms with Crippen LogP contribution >= 0.6 is 11.6 Å². The molecule has 5 heteroatoms. The summed E-state index contributed by atoms with van der Waals surface area (Å²) in [7, 11) is 2.96. The Morgan fingerprint density at radius 1 is 1.35 bits per heavy atom. The Labute approximate surface area is 105 Å². The predicted molar refractivity (Wildman–Crippen MR) is 65.6 cm³/mol. The molecule has 0 radical (unpaired) electrons. The molecular weight excluding hydrogens is 244 g/mol. The molecule has 0 aliphatic carbocycles. The van der Waals surface area contributed by atoms with Crippen molar-refractivity contribution in [2.24, 2.45) is 0 Å². The molecular formula is C12H15ClO4. The van der Waals surface area contributed by atoms with Crippen LogP contribution in [0.2, 0.25) is 5.02 Å². The molecule has 17 heavy (non-hydrogen) atoms. The van der Waals surface area contributed by atoms with Gasteiger partial charge in [-0.05, 0) is 5.92 Å². The lowest BCUT2D eigenvalue weighted by Gasteiger charge is -2.18. The maximum atomic E-state index is 11.2. The van der Waals surface area contributed by atoms with E-state index in [9.17, 15) is 9.90 Å². The van der Waals surface area contributed by atoms with Crippen LogP contribution in [0.25, 0.3) is 0 Å². The van der Waals surface area contributed by atoms with E-state index in [2.05, 4.69) is 0 Å². The van der Waals surface area contributed by atoms with Gasteiger partial charge in [-0.15, -0.1) is 0 Å². The molecule has 94 valence electrons. The minimum atomic E-state index is -1.07. The standard InChI is InChI=1S/C12H15ClO4/c1-6(2)9-10(12(14)15)7(13)5-8(16-3)11(9)17-4/h5-6H,1-4H3,(H,14,15). The molecule has 0 spiro atoms. The van der Waals surface area contributed by atoms with E-state index >= 15 is 0 Å². The molecule has 0 heterocycles. The van der Waals surface area contributed by atoms with Crippen molar-refractivity contribution in [2.45, 2.75) is 19.8 Å². The fraction of sp³-hybridized carbons (Fsp3) is 0.417. The Morgan fingerprint density at radius 2 is 1.94 bits per heavy atom. The zero-order valence-electron chi connectivity index (χ0n) is 10.2. The molecule has 1 aromatic carbocycles. The van der Waals surface area contributed by atoms with Crippen molar-refractivity contribution in [3.8, 4) is 11.5 Å². The van der Waals surface area contributed by atoms with Crippen molar-refractivity contribution in [2.75, 3.05) is 14.2 Å². The van der Waals surface area contributed by atoms with Crippen LogP contribution in [0.3, 0.4) is 0 Å². The Balaban J connectivity index is 3.67. The monoisotopic (exact) mass is 258 g/mol. The largest absolute Gasteiger partial charge is 0.493 e. The van der Waals surface area contributed by atoms with Crippen LogP contribution in [-0.2, 0) is 0 Å². The Bertz CT molecular complexity index is 441. The molecule has 1 aromatic rings. The van der Waals surface area contributed by atoms with E-state index < -0.39 is 5.97 Å². The number of methoxy groups -OCH3 is 2. The van der Waals surface area contributed by atoms with Crippen molar-refractivity contribution >= 4 is 17.6 Å². The van der Waals surface area contributed by atoms with E-state index in [1.165, 1.54) is 20.3 Å². The summed E-state index contributed by atoms with van der Waals surface area (Å²) in [4.78, 5) is 11.2. The molecule has 1 rings (SSSR count). The van der Waals surface area contributed by atoms with Crippen LogP contribution in [-0.4, -0.2) is 25.3 Å². The summed E-state index contributed by atoms with van der Waals surface area (Å²) in [6.45, 7) is 3.75. The lowest BCUT2D eigenvalue weighted by molar-refractivity contribution is 0.0695. The first-order valence-electron chi connectivity index (χ1n) is 5.11. The predicted octanol–water partition coefficient (Wildman–Crippen LogP) is 3.18. The second-order valence-electron chi connectivity index (χ2n) is 3.84. The number of rotatable bonds is 4. The number of carboxylic acids is 1. The number of benzene rings is 1. The van der Waals surface area contributed by atoms with Gasteiger partial charge in [0.2, 0.25) is 0 Å². The van der Waals surface area contributed by atoms with Gasteiger partial charge in [-0.3, -0.25) is 0 Å². The fourth-order valence-electron chi connectivity index (χ4n) is 1.76. The lowest BCUT2D eigenvalue weighted by atomic mass is 9.95. The van der Waals surface area contributed by atoms with E-state index in [1.807, 2.05) is 13.8 Å². The topological polar surface area (TPSA) is 55.8 Å². The average Bonchev–Trinajstić information content (AvgIpc) is 2.26. The van der Waals surface area contributed by atoms with Gasteiger partial charge in [-0.2, -0.15) is 0 Å². The third-order valence-electron chi connectivity index (χ3n) is 2.45. The van der Waals surface area contributed by atoms with Crippen LogP contribution in [0, 0.1) is 0 Å². The van der Waals surface area contributed by atoms with Crippen LogP contribution in [0.4, 0.5) is 0 Å². The van der Waals surface area contributed by atoms with E-state index in [4.69, 9.17) is 21.1 Å². The first-order chi connectivity index (χ1) is 7.93. The molecule has 0 saturated heterocycles. The highest BCUT2D eigenvalue weighted by Crippen LogP contribution is 2.41. The van der Waals surface area contributed by atoms with Gasteiger partial charge in [0.25, 0.3) is 0 Å². The summed E-state index contributed by atoms with van der Waals surface area (Å²) in [6.07, 6.45) is 0. The van der Waals surface area contributed by atoms with Gasteiger partial charge < -0.3 is 14.6 Å².